The molecule has 5 N–H and O–H groups in total. The zero-order valence-electron chi connectivity index (χ0n) is 12.1. The van der Waals surface area contributed by atoms with Crippen molar-refractivity contribution in [1.82, 2.24) is 0 Å². The van der Waals surface area contributed by atoms with Crippen LogP contribution in [0.5, 0.6) is 0 Å². The van der Waals surface area contributed by atoms with Crippen molar-refractivity contribution in [1.29, 1.82) is 0 Å². The van der Waals surface area contributed by atoms with Crippen LogP contribution in [0.4, 0.5) is 11.4 Å². The van der Waals surface area contributed by atoms with Crippen molar-refractivity contribution in [3.05, 3.63) is 18.2 Å². The first kappa shape index (κ1) is 16.7. The lowest BCUT2D eigenvalue weighted by Crippen LogP contribution is -2.25. The van der Waals surface area contributed by atoms with Crippen molar-refractivity contribution in [2.45, 2.75) is 25.2 Å². The van der Waals surface area contributed by atoms with Crippen LogP contribution in [0.15, 0.2) is 23.1 Å². The predicted octanol–water partition coefficient (Wildman–Crippen LogP) is 1.39. The largest absolute Gasteiger partial charge is 0.397 e. The quantitative estimate of drug-likeness (QED) is 0.660. The van der Waals surface area contributed by atoms with Crippen molar-refractivity contribution in [3.8, 4) is 0 Å². The highest BCUT2D eigenvalue weighted by molar-refractivity contribution is 7.89. The van der Waals surface area contributed by atoms with Gasteiger partial charge >= 0.3 is 0 Å². The minimum Gasteiger partial charge on any atom is -0.397 e. The molecule has 6 nitrogen and oxygen atoms in total. The molecule has 0 heterocycles. The van der Waals surface area contributed by atoms with E-state index in [1.165, 1.54) is 12.1 Å². The topological polar surface area (TPSA) is 107 Å². The molecular formula is C13H23N3O3S. The van der Waals surface area contributed by atoms with Gasteiger partial charge in [0, 0.05) is 20.3 Å². The van der Waals surface area contributed by atoms with E-state index in [4.69, 9.17) is 15.6 Å². The highest BCUT2D eigenvalue weighted by atomic mass is 32.2. The lowest BCUT2D eigenvalue weighted by molar-refractivity contribution is 0.157. The molecule has 0 radical (unpaired) electrons. The summed E-state index contributed by atoms with van der Waals surface area (Å²) in [6.45, 7) is 5.63. The number of benzene rings is 1. The van der Waals surface area contributed by atoms with Gasteiger partial charge in [0.2, 0.25) is 10.0 Å². The van der Waals surface area contributed by atoms with Crippen LogP contribution in [0, 0.1) is 5.41 Å². The lowest BCUT2D eigenvalue weighted by atomic mass is 9.89. The fourth-order valence-electron chi connectivity index (χ4n) is 1.68. The summed E-state index contributed by atoms with van der Waals surface area (Å²) in [5.41, 5.74) is 6.94. The molecule has 0 aliphatic heterocycles. The second-order valence-electron chi connectivity index (χ2n) is 5.55. The summed E-state index contributed by atoms with van der Waals surface area (Å²) in [5.74, 6) is 0. The van der Waals surface area contributed by atoms with Crippen LogP contribution >= 0.6 is 0 Å². The molecule has 20 heavy (non-hydrogen) atoms. The van der Waals surface area contributed by atoms with Gasteiger partial charge in [0.1, 0.15) is 0 Å². The van der Waals surface area contributed by atoms with Crippen molar-refractivity contribution < 1.29 is 13.2 Å². The molecule has 0 saturated heterocycles. The number of nitrogens with two attached hydrogens (primary N) is 2. The predicted molar refractivity (Wildman–Crippen MR) is 81.0 cm³/mol. The van der Waals surface area contributed by atoms with Crippen molar-refractivity contribution in [2.24, 2.45) is 10.6 Å². The number of nitrogen functional groups attached to an aromatic ring is 1. The Morgan fingerprint density at radius 1 is 1.35 bits per heavy atom. The van der Waals surface area contributed by atoms with Crippen LogP contribution in [-0.4, -0.2) is 28.7 Å². The first-order valence-electron chi connectivity index (χ1n) is 6.31. The van der Waals surface area contributed by atoms with Crippen LogP contribution in [0.25, 0.3) is 0 Å². The Hall–Kier alpha value is -1.31. The van der Waals surface area contributed by atoms with E-state index in [0.717, 1.165) is 6.42 Å². The third-order valence-corrected chi connectivity index (χ3v) is 4.00. The first-order valence-corrected chi connectivity index (χ1v) is 7.85. The molecule has 114 valence electrons. The minimum atomic E-state index is -3.72. The van der Waals surface area contributed by atoms with E-state index in [1.807, 2.05) is 0 Å². The molecule has 0 aliphatic carbocycles. The molecule has 0 bridgehead atoms. The Morgan fingerprint density at radius 2 is 2.00 bits per heavy atom. The zero-order chi connectivity index (χ0) is 15.4. The molecule has 7 heteroatoms. The van der Waals surface area contributed by atoms with E-state index < -0.39 is 10.0 Å². The number of anilines is 2. The minimum absolute atomic E-state index is 0.0131. The number of methoxy groups -OCH3 is 1. The van der Waals surface area contributed by atoms with Gasteiger partial charge in [0.05, 0.1) is 16.3 Å². The number of nitrogens with one attached hydrogen (secondary N) is 1. The second kappa shape index (κ2) is 6.43. The number of rotatable bonds is 7. The summed E-state index contributed by atoms with van der Waals surface area (Å²) in [5, 5.41) is 8.28. The Balaban J connectivity index is 2.75. The number of hydrogen-bond donors (Lipinski definition) is 3. The van der Waals surface area contributed by atoms with Gasteiger partial charge < -0.3 is 15.8 Å². The number of sulfonamides is 1. The molecule has 0 aliphatic rings. The summed E-state index contributed by atoms with van der Waals surface area (Å²) >= 11 is 0. The molecule has 0 saturated carbocycles. The Bertz CT molecular complexity index is 556. The standard InChI is InChI=1S/C13H23N3O3S/c1-13(2,6-7-19-3)9-16-12-5-4-10(8-11(12)14)20(15,17)18/h4-5,8,16H,6-7,9,14H2,1-3H3,(H2,15,17,18). The van der Waals surface area contributed by atoms with Gasteiger partial charge in [-0.2, -0.15) is 0 Å². The third kappa shape index (κ3) is 4.99. The summed E-state index contributed by atoms with van der Waals surface area (Å²) in [7, 11) is -2.05. The zero-order valence-corrected chi connectivity index (χ0v) is 13.0. The summed E-state index contributed by atoms with van der Waals surface area (Å²) in [6, 6.07) is 4.43. The first-order chi connectivity index (χ1) is 9.15. The van der Waals surface area contributed by atoms with E-state index in [1.54, 1.807) is 13.2 Å². The van der Waals surface area contributed by atoms with E-state index in [0.29, 0.717) is 24.5 Å². The molecule has 0 unspecified atom stereocenters. The molecule has 1 aromatic carbocycles. The molecule has 1 rings (SSSR count). The Labute approximate surface area is 120 Å². The molecule has 0 spiro atoms. The monoisotopic (exact) mass is 301 g/mol. The van der Waals surface area contributed by atoms with Crippen molar-refractivity contribution >= 4 is 21.4 Å². The van der Waals surface area contributed by atoms with Crippen molar-refractivity contribution in [3.63, 3.8) is 0 Å². The molecule has 1 aromatic rings. The maximum atomic E-state index is 11.2. The van der Waals surface area contributed by atoms with E-state index in [-0.39, 0.29) is 10.3 Å². The highest BCUT2D eigenvalue weighted by Crippen LogP contribution is 2.25. The van der Waals surface area contributed by atoms with Gasteiger partial charge in [-0.05, 0) is 30.0 Å². The smallest absolute Gasteiger partial charge is 0.238 e. The van der Waals surface area contributed by atoms with Gasteiger partial charge in [0.25, 0.3) is 0 Å². The maximum absolute atomic E-state index is 11.2. The average Bonchev–Trinajstić information content (AvgIpc) is 2.34. The summed E-state index contributed by atoms with van der Waals surface area (Å²) in [6.07, 6.45) is 0.908. The van der Waals surface area contributed by atoms with Crippen LogP contribution in [0.2, 0.25) is 0 Å². The Morgan fingerprint density at radius 3 is 2.50 bits per heavy atom. The summed E-state index contributed by atoms with van der Waals surface area (Å²) < 4.78 is 27.5. The van der Waals surface area contributed by atoms with Gasteiger partial charge in [-0.15, -0.1) is 0 Å². The van der Waals surface area contributed by atoms with Crippen LogP contribution in [-0.2, 0) is 14.8 Å². The van der Waals surface area contributed by atoms with Gasteiger partial charge in [0.15, 0.2) is 0 Å². The lowest BCUT2D eigenvalue weighted by Gasteiger charge is -2.25. The van der Waals surface area contributed by atoms with E-state index in [2.05, 4.69) is 19.2 Å². The SMILES string of the molecule is COCCC(C)(C)CNc1ccc(S(N)(=O)=O)cc1N. The van der Waals surface area contributed by atoms with E-state index >= 15 is 0 Å². The molecule has 0 atom stereocenters. The van der Waals surface area contributed by atoms with E-state index in [9.17, 15) is 8.42 Å². The number of primary sulfonamides is 1. The second-order valence-corrected chi connectivity index (χ2v) is 7.12. The molecular weight excluding hydrogens is 278 g/mol. The summed E-state index contributed by atoms with van der Waals surface area (Å²) in [4.78, 5) is 0.0131. The maximum Gasteiger partial charge on any atom is 0.238 e. The average molecular weight is 301 g/mol. The number of ether oxygens (including phenoxy) is 1. The molecule has 0 amide bonds. The molecule has 0 fully saturated rings. The van der Waals surface area contributed by atoms with Crippen LogP contribution in [0.3, 0.4) is 0 Å². The fraction of sp³-hybridized carbons (Fsp3) is 0.538. The highest BCUT2D eigenvalue weighted by Gasteiger charge is 2.18. The van der Waals surface area contributed by atoms with Crippen molar-refractivity contribution in [2.75, 3.05) is 31.3 Å². The van der Waals surface area contributed by atoms with Gasteiger partial charge in [-0.25, -0.2) is 13.6 Å². The van der Waals surface area contributed by atoms with Crippen LogP contribution < -0.4 is 16.2 Å². The third-order valence-electron chi connectivity index (χ3n) is 3.09. The van der Waals surface area contributed by atoms with Gasteiger partial charge in [-0.1, -0.05) is 13.8 Å². The Kier molecular flexibility index (Phi) is 5.38. The van der Waals surface area contributed by atoms with Crippen LogP contribution in [0.1, 0.15) is 20.3 Å². The fourth-order valence-corrected chi connectivity index (χ4v) is 2.23. The normalized spacial score (nSPS) is 12.4. The number of hydrogen-bond acceptors (Lipinski definition) is 5. The molecule has 0 aromatic heterocycles. The van der Waals surface area contributed by atoms with Gasteiger partial charge in [-0.3, -0.25) is 0 Å².